The number of methoxy groups -OCH3 is 1. The van der Waals surface area contributed by atoms with Crippen molar-refractivity contribution < 1.29 is 9.47 Å². The highest BCUT2D eigenvalue weighted by atomic mass is 35.5. The van der Waals surface area contributed by atoms with Crippen LogP contribution in [-0.2, 0) is 12.8 Å². The number of aryl methyl sites for hydroxylation is 1. The maximum absolute atomic E-state index is 6.56. The minimum atomic E-state index is 0.482. The van der Waals surface area contributed by atoms with Gasteiger partial charge in [0.05, 0.1) is 24.3 Å². The van der Waals surface area contributed by atoms with E-state index in [0.29, 0.717) is 23.8 Å². The minimum Gasteiger partial charge on any atom is -0.488 e. The summed E-state index contributed by atoms with van der Waals surface area (Å²) in [5.41, 5.74) is 3.75. The molecule has 2 aliphatic rings. The van der Waals surface area contributed by atoms with E-state index in [0.717, 1.165) is 54.0 Å². The van der Waals surface area contributed by atoms with Crippen molar-refractivity contribution in [2.24, 2.45) is 0 Å². The molecule has 0 spiro atoms. The van der Waals surface area contributed by atoms with E-state index in [9.17, 15) is 0 Å². The molecule has 1 aliphatic heterocycles. The maximum atomic E-state index is 6.56. The van der Waals surface area contributed by atoms with Gasteiger partial charge >= 0.3 is 0 Å². The fourth-order valence-electron chi connectivity index (χ4n) is 3.82. The molecule has 0 amide bonds. The predicted molar refractivity (Wildman–Crippen MR) is 98.9 cm³/mol. The molecule has 1 saturated heterocycles. The van der Waals surface area contributed by atoms with Crippen LogP contribution in [0.2, 0.25) is 5.02 Å². The van der Waals surface area contributed by atoms with Crippen molar-refractivity contribution in [2.45, 2.75) is 38.5 Å². The van der Waals surface area contributed by atoms with Crippen LogP contribution in [0.15, 0.2) is 6.07 Å². The molecule has 5 nitrogen and oxygen atoms in total. The van der Waals surface area contributed by atoms with E-state index in [1.807, 2.05) is 6.07 Å². The lowest BCUT2D eigenvalue weighted by atomic mass is 10.2. The Bertz CT molecular complexity index is 775. The molecule has 2 aromatic rings. The molecule has 0 N–H and O–H groups in total. The quantitative estimate of drug-likeness (QED) is 0.735. The van der Waals surface area contributed by atoms with Crippen LogP contribution >= 0.6 is 11.6 Å². The number of ether oxygens (including phenoxy) is 2. The number of rotatable bonds is 6. The third-order valence-electron chi connectivity index (χ3n) is 5.12. The Morgan fingerprint density at radius 1 is 1.16 bits per heavy atom. The van der Waals surface area contributed by atoms with Crippen molar-refractivity contribution in [3.8, 4) is 11.6 Å². The number of pyridine rings is 2. The second-order valence-corrected chi connectivity index (χ2v) is 7.20. The molecule has 2 aromatic heterocycles. The zero-order valence-electron chi connectivity index (χ0n) is 14.7. The number of nitrogens with zero attached hydrogens (tertiary/aromatic N) is 3. The molecule has 0 bridgehead atoms. The highest BCUT2D eigenvalue weighted by Crippen LogP contribution is 2.36. The van der Waals surface area contributed by atoms with E-state index in [1.54, 1.807) is 7.11 Å². The molecular weight excluding hydrogens is 338 g/mol. The van der Waals surface area contributed by atoms with Crippen molar-refractivity contribution in [3.63, 3.8) is 0 Å². The number of halogens is 1. The highest BCUT2D eigenvalue weighted by Gasteiger charge is 2.21. The summed E-state index contributed by atoms with van der Waals surface area (Å²) in [6, 6.07) is 1.92. The second kappa shape index (κ2) is 7.34. The molecule has 0 atom stereocenters. The summed E-state index contributed by atoms with van der Waals surface area (Å²) < 4.78 is 11.4. The standard InChI is InChI=1S/C19H24ClN3O2/c1-24-19-16(25-11-5-10-23-8-2-3-9-23)12-15-18(22-19)17(20)13-6-4-7-14(13)21-15/h12H,2-11H2,1H3. The van der Waals surface area contributed by atoms with Gasteiger partial charge in [-0.25, -0.2) is 4.98 Å². The second-order valence-electron chi connectivity index (χ2n) is 6.82. The Balaban J connectivity index is 1.52. The first-order valence-corrected chi connectivity index (χ1v) is 9.55. The van der Waals surface area contributed by atoms with Crippen LogP contribution in [0.4, 0.5) is 0 Å². The number of likely N-dealkylation sites (tertiary alicyclic amines) is 1. The van der Waals surface area contributed by atoms with Crippen LogP contribution in [-0.4, -0.2) is 48.2 Å². The topological polar surface area (TPSA) is 47.5 Å². The molecule has 6 heteroatoms. The molecule has 25 heavy (non-hydrogen) atoms. The van der Waals surface area contributed by atoms with Crippen LogP contribution in [0.5, 0.6) is 11.6 Å². The van der Waals surface area contributed by atoms with Gasteiger partial charge in [0.1, 0.15) is 5.52 Å². The third kappa shape index (κ3) is 3.40. The summed E-state index contributed by atoms with van der Waals surface area (Å²) in [4.78, 5) is 11.8. The van der Waals surface area contributed by atoms with E-state index >= 15 is 0 Å². The molecular formula is C19H24ClN3O2. The molecule has 0 unspecified atom stereocenters. The molecule has 0 aromatic carbocycles. The van der Waals surface area contributed by atoms with Gasteiger partial charge in [-0.15, -0.1) is 0 Å². The largest absolute Gasteiger partial charge is 0.488 e. The lowest BCUT2D eigenvalue weighted by Gasteiger charge is -2.15. The van der Waals surface area contributed by atoms with Crippen molar-refractivity contribution in [1.29, 1.82) is 0 Å². The minimum absolute atomic E-state index is 0.482. The average Bonchev–Trinajstić information content (AvgIpc) is 3.30. The Kier molecular flexibility index (Phi) is 4.95. The van der Waals surface area contributed by atoms with Gasteiger partial charge in [0.15, 0.2) is 5.75 Å². The first-order chi connectivity index (χ1) is 12.3. The molecule has 1 aliphatic carbocycles. The summed E-state index contributed by atoms with van der Waals surface area (Å²) in [5, 5.41) is 0.719. The summed E-state index contributed by atoms with van der Waals surface area (Å²) in [7, 11) is 1.61. The number of hydrogen-bond acceptors (Lipinski definition) is 5. The SMILES string of the molecule is COc1nc2c(Cl)c3c(nc2cc1OCCCN1CCCC1)CCC3. The predicted octanol–water partition coefficient (Wildman–Crippen LogP) is 3.65. The van der Waals surface area contributed by atoms with Crippen LogP contribution in [0.1, 0.15) is 36.9 Å². The lowest BCUT2D eigenvalue weighted by molar-refractivity contribution is 0.252. The van der Waals surface area contributed by atoms with Gasteiger partial charge in [-0.1, -0.05) is 11.6 Å². The van der Waals surface area contributed by atoms with Gasteiger partial charge in [0.2, 0.25) is 0 Å². The Morgan fingerprint density at radius 3 is 2.80 bits per heavy atom. The Labute approximate surface area is 153 Å². The summed E-state index contributed by atoms with van der Waals surface area (Å²) >= 11 is 6.56. The zero-order chi connectivity index (χ0) is 17.2. The Morgan fingerprint density at radius 2 is 2.00 bits per heavy atom. The van der Waals surface area contributed by atoms with Crippen LogP contribution in [0.25, 0.3) is 11.0 Å². The van der Waals surface area contributed by atoms with E-state index < -0.39 is 0 Å². The van der Waals surface area contributed by atoms with Crippen molar-refractivity contribution in [2.75, 3.05) is 33.4 Å². The van der Waals surface area contributed by atoms with Crippen LogP contribution in [0.3, 0.4) is 0 Å². The average molecular weight is 362 g/mol. The molecule has 1 fully saturated rings. The van der Waals surface area contributed by atoms with Crippen LogP contribution < -0.4 is 9.47 Å². The van der Waals surface area contributed by atoms with Gasteiger partial charge in [-0.05, 0) is 57.2 Å². The van der Waals surface area contributed by atoms with Gasteiger partial charge in [0.25, 0.3) is 5.88 Å². The summed E-state index contributed by atoms with van der Waals surface area (Å²) in [6.07, 6.45) is 6.72. The first-order valence-electron chi connectivity index (χ1n) is 9.17. The van der Waals surface area contributed by atoms with Gasteiger partial charge < -0.3 is 14.4 Å². The number of hydrogen-bond donors (Lipinski definition) is 0. The molecule has 4 rings (SSSR count). The van der Waals surface area contributed by atoms with Crippen molar-refractivity contribution >= 4 is 22.6 Å². The molecule has 0 saturated carbocycles. The number of fused-ring (bicyclic) bond motifs is 2. The first kappa shape index (κ1) is 16.9. The zero-order valence-corrected chi connectivity index (χ0v) is 15.4. The van der Waals surface area contributed by atoms with E-state index in [4.69, 9.17) is 26.1 Å². The molecule has 3 heterocycles. The van der Waals surface area contributed by atoms with Crippen molar-refractivity contribution in [3.05, 3.63) is 22.3 Å². The Hall–Kier alpha value is -1.59. The molecule has 0 radical (unpaired) electrons. The van der Waals surface area contributed by atoms with Gasteiger partial charge in [0, 0.05) is 18.3 Å². The van der Waals surface area contributed by atoms with Gasteiger partial charge in [-0.3, -0.25) is 4.98 Å². The normalized spacial score (nSPS) is 17.2. The third-order valence-corrected chi connectivity index (χ3v) is 5.53. The van der Waals surface area contributed by atoms with Crippen LogP contribution in [0, 0.1) is 0 Å². The lowest BCUT2D eigenvalue weighted by Crippen LogP contribution is -2.22. The van der Waals surface area contributed by atoms with Gasteiger partial charge in [-0.2, -0.15) is 0 Å². The fourth-order valence-corrected chi connectivity index (χ4v) is 4.16. The summed E-state index contributed by atoms with van der Waals surface area (Å²) in [5.74, 6) is 1.13. The maximum Gasteiger partial charge on any atom is 0.257 e. The van der Waals surface area contributed by atoms with E-state index in [-0.39, 0.29) is 0 Å². The smallest absolute Gasteiger partial charge is 0.257 e. The fraction of sp³-hybridized carbons (Fsp3) is 0.579. The van der Waals surface area contributed by atoms with E-state index in [2.05, 4.69) is 9.88 Å². The monoisotopic (exact) mass is 361 g/mol. The van der Waals surface area contributed by atoms with E-state index in [1.165, 1.54) is 25.9 Å². The molecule has 134 valence electrons. The number of aromatic nitrogens is 2. The summed E-state index contributed by atoms with van der Waals surface area (Å²) in [6.45, 7) is 4.17. The van der Waals surface area contributed by atoms with Crippen molar-refractivity contribution in [1.82, 2.24) is 14.9 Å². The highest BCUT2D eigenvalue weighted by molar-refractivity contribution is 6.35.